The van der Waals surface area contributed by atoms with Crippen molar-refractivity contribution < 1.29 is 28.7 Å². The lowest BCUT2D eigenvalue weighted by molar-refractivity contribution is -0.139. The van der Waals surface area contributed by atoms with Crippen LogP contribution in [0.2, 0.25) is 10.0 Å². The molecule has 1 atom stereocenters. The van der Waals surface area contributed by atoms with Gasteiger partial charge in [0.25, 0.3) is 5.91 Å². The fourth-order valence-corrected chi connectivity index (χ4v) is 5.78. The number of carbonyl (C=O) groups is 4. The first-order valence-corrected chi connectivity index (χ1v) is 13.5. The number of hydrogen-bond acceptors (Lipinski definition) is 5. The van der Waals surface area contributed by atoms with Crippen molar-refractivity contribution in [2.24, 2.45) is 0 Å². The zero-order chi connectivity index (χ0) is 29.3. The number of carboxylic acid groups (broad SMARTS) is 1. The zero-order valence-corrected chi connectivity index (χ0v) is 23.4. The van der Waals surface area contributed by atoms with Gasteiger partial charge in [0.05, 0.1) is 27.4 Å². The maximum atomic E-state index is 13.3. The highest BCUT2D eigenvalue weighted by molar-refractivity contribution is 6.40. The van der Waals surface area contributed by atoms with Gasteiger partial charge >= 0.3 is 5.97 Å². The van der Waals surface area contributed by atoms with E-state index in [0.29, 0.717) is 46.3 Å². The van der Waals surface area contributed by atoms with Crippen LogP contribution in [0.1, 0.15) is 44.5 Å². The Balaban J connectivity index is 1.35. The highest BCUT2D eigenvalue weighted by Crippen LogP contribution is 2.35. The van der Waals surface area contributed by atoms with Gasteiger partial charge in [-0.3, -0.25) is 19.0 Å². The van der Waals surface area contributed by atoms with Crippen LogP contribution in [0.4, 0.5) is 0 Å². The second-order valence-corrected chi connectivity index (χ2v) is 10.5. The Morgan fingerprint density at radius 2 is 1.93 bits per heavy atom. The Kier molecular flexibility index (Phi) is 8.01. The zero-order valence-electron chi connectivity index (χ0n) is 21.9. The molecule has 3 heterocycles. The fourth-order valence-electron chi connectivity index (χ4n) is 5.02. The molecule has 11 heteroatoms. The van der Waals surface area contributed by atoms with Crippen LogP contribution in [0, 0.1) is 0 Å². The van der Waals surface area contributed by atoms with Gasteiger partial charge in [-0.05, 0) is 53.5 Å². The summed E-state index contributed by atoms with van der Waals surface area (Å²) in [7, 11) is 0. The first-order valence-electron chi connectivity index (χ1n) is 12.8. The van der Waals surface area contributed by atoms with Crippen molar-refractivity contribution in [2.45, 2.75) is 32.4 Å². The van der Waals surface area contributed by atoms with E-state index in [1.165, 1.54) is 23.8 Å². The maximum Gasteiger partial charge on any atom is 0.326 e. The number of benzene rings is 2. The van der Waals surface area contributed by atoms with Crippen LogP contribution in [0.3, 0.4) is 0 Å². The molecule has 210 valence electrons. The fraction of sp³-hybridized carbons (Fsp3) is 0.200. The standard InChI is InChI=1S/C30H25Cl2N3O6/c1-17(36)35-16-19(21-6-2-3-7-25(21)35)14-24(30(39)40)33-29(38)27-23(31)13-18-15-34(11-10-22(18)28(27)32)26(37)9-8-20-5-4-12-41-20/h2-9,12-13,16,24H,10-11,14-15H2,1H3,(H,33,38)(H,39,40)/b9-8+/t24-/m0/s1. The maximum absolute atomic E-state index is 13.3. The predicted octanol–water partition coefficient (Wildman–Crippen LogP) is 5.23. The molecule has 5 rings (SSSR count). The number of amides is 2. The summed E-state index contributed by atoms with van der Waals surface area (Å²) in [6.45, 7) is 2.03. The summed E-state index contributed by atoms with van der Waals surface area (Å²) in [5.41, 5.74) is 2.60. The molecule has 9 nitrogen and oxygen atoms in total. The van der Waals surface area contributed by atoms with Gasteiger partial charge in [-0.1, -0.05) is 41.4 Å². The molecule has 0 unspecified atom stereocenters. The van der Waals surface area contributed by atoms with Crippen LogP contribution in [-0.2, 0) is 29.0 Å². The summed E-state index contributed by atoms with van der Waals surface area (Å²) < 4.78 is 6.67. The normalized spacial score (nSPS) is 13.8. The van der Waals surface area contributed by atoms with Gasteiger partial charge < -0.3 is 19.7 Å². The lowest BCUT2D eigenvalue weighted by atomic mass is 9.96. The molecular formula is C30H25Cl2N3O6. The summed E-state index contributed by atoms with van der Waals surface area (Å²) in [6, 6.07) is 10.9. The number of rotatable bonds is 7. The Morgan fingerprint density at radius 3 is 2.63 bits per heavy atom. The summed E-state index contributed by atoms with van der Waals surface area (Å²) in [5, 5.41) is 13.4. The van der Waals surface area contributed by atoms with E-state index in [1.54, 1.807) is 59.6 Å². The topological polar surface area (TPSA) is 122 Å². The molecule has 1 aliphatic rings. The van der Waals surface area contributed by atoms with E-state index in [0.717, 1.165) is 0 Å². The number of carboxylic acids is 1. The number of carbonyl (C=O) groups excluding carboxylic acids is 3. The number of furan rings is 1. The van der Waals surface area contributed by atoms with Gasteiger partial charge in [0, 0.05) is 44.1 Å². The Labute approximate surface area is 244 Å². The van der Waals surface area contributed by atoms with Crippen molar-refractivity contribution in [3.63, 3.8) is 0 Å². The molecule has 0 aliphatic carbocycles. The molecule has 0 radical (unpaired) electrons. The van der Waals surface area contributed by atoms with Crippen LogP contribution in [-0.4, -0.2) is 50.9 Å². The average molecular weight is 594 g/mol. The monoisotopic (exact) mass is 593 g/mol. The molecule has 2 N–H and O–H groups in total. The molecule has 41 heavy (non-hydrogen) atoms. The van der Waals surface area contributed by atoms with E-state index in [1.807, 2.05) is 0 Å². The predicted molar refractivity (Wildman–Crippen MR) is 154 cm³/mol. The molecule has 0 saturated heterocycles. The first kappa shape index (κ1) is 28.2. The third-order valence-electron chi connectivity index (χ3n) is 7.04. The largest absolute Gasteiger partial charge is 0.480 e. The van der Waals surface area contributed by atoms with E-state index in [9.17, 15) is 24.3 Å². The number of nitrogens with one attached hydrogen (secondary N) is 1. The van der Waals surface area contributed by atoms with Crippen LogP contribution in [0.15, 0.2) is 65.4 Å². The van der Waals surface area contributed by atoms with Gasteiger partial charge in [-0.2, -0.15) is 0 Å². The van der Waals surface area contributed by atoms with Gasteiger partial charge in [0.1, 0.15) is 11.8 Å². The summed E-state index contributed by atoms with van der Waals surface area (Å²) in [6.07, 6.45) is 6.44. The number of hydrogen-bond donors (Lipinski definition) is 2. The van der Waals surface area contributed by atoms with Gasteiger partial charge in [-0.25, -0.2) is 4.79 Å². The van der Waals surface area contributed by atoms with Crippen LogP contribution in [0.25, 0.3) is 17.0 Å². The van der Waals surface area contributed by atoms with Crippen LogP contribution in [0.5, 0.6) is 0 Å². The first-order chi connectivity index (χ1) is 19.6. The van der Waals surface area contributed by atoms with Gasteiger partial charge in [-0.15, -0.1) is 0 Å². The van der Waals surface area contributed by atoms with E-state index in [-0.39, 0.29) is 40.4 Å². The molecule has 0 spiro atoms. The van der Waals surface area contributed by atoms with E-state index >= 15 is 0 Å². The third-order valence-corrected chi connectivity index (χ3v) is 7.75. The molecule has 0 saturated carbocycles. The Morgan fingerprint density at radius 1 is 1.15 bits per heavy atom. The van der Waals surface area contributed by atoms with Crippen LogP contribution < -0.4 is 5.32 Å². The van der Waals surface area contributed by atoms with Crippen molar-refractivity contribution in [3.8, 4) is 0 Å². The SMILES string of the molecule is CC(=O)n1cc(C[C@H](NC(=O)c2c(Cl)cc3c(c2Cl)CCN(C(=O)/C=C/c2ccco2)C3)C(=O)O)c2ccccc21. The quantitative estimate of drug-likeness (QED) is 0.283. The number of aromatic nitrogens is 1. The lowest BCUT2D eigenvalue weighted by Crippen LogP contribution is -2.42. The summed E-state index contributed by atoms with van der Waals surface area (Å²) in [5.74, 6) is -1.85. The van der Waals surface area contributed by atoms with E-state index in [2.05, 4.69) is 5.32 Å². The molecule has 2 aromatic heterocycles. The van der Waals surface area contributed by atoms with Crippen molar-refractivity contribution in [3.05, 3.63) is 99.1 Å². The summed E-state index contributed by atoms with van der Waals surface area (Å²) >= 11 is 13.2. The number of nitrogens with zero attached hydrogens (tertiary/aromatic N) is 2. The highest BCUT2D eigenvalue weighted by Gasteiger charge is 2.29. The minimum atomic E-state index is -1.31. The van der Waals surface area contributed by atoms with E-state index in [4.69, 9.17) is 27.6 Å². The van der Waals surface area contributed by atoms with Crippen LogP contribution >= 0.6 is 23.2 Å². The average Bonchev–Trinajstić information content (AvgIpc) is 3.59. The van der Waals surface area contributed by atoms with Crippen molar-refractivity contribution in [1.82, 2.24) is 14.8 Å². The molecule has 2 amide bonds. The highest BCUT2D eigenvalue weighted by atomic mass is 35.5. The number of para-hydroxylation sites is 1. The number of aliphatic carboxylic acids is 1. The second-order valence-electron chi connectivity index (χ2n) is 9.67. The van der Waals surface area contributed by atoms with Gasteiger partial charge in [0.2, 0.25) is 11.8 Å². The molecular weight excluding hydrogens is 569 g/mol. The molecule has 4 aromatic rings. The number of fused-ring (bicyclic) bond motifs is 2. The van der Waals surface area contributed by atoms with Crippen molar-refractivity contribution in [2.75, 3.05) is 6.54 Å². The van der Waals surface area contributed by atoms with Crippen molar-refractivity contribution in [1.29, 1.82) is 0 Å². The smallest absolute Gasteiger partial charge is 0.326 e. The third kappa shape index (κ3) is 5.77. The molecule has 1 aliphatic heterocycles. The van der Waals surface area contributed by atoms with Crippen molar-refractivity contribution >= 4 is 63.9 Å². The lowest BCUT2D eigenvalue weighted by Gasteiger charge is -2.29. The minimum Gasteiger partial charge on any atom is -0.480 e. The van der Waals surface area contributed by atoms with Gasteiger partial charge in [0.15, 0.2) is 0 Å². The second kappa shape index (κ2) is 11.6. The minimum absolute atomic E-state index is 0.0259. The Bertz CT molecular complexity index is 1710. The Hall–Kier alpha value is -4.34. The molecule has 0 fully saturated rings. The summed E-state index contributed by atoms with van der Waals surface area (Å²) in [4.78, 5) is 51.9. The van der Waals surface area contributed by atoms with E-state index < -0.39 is 17.9 Å². The number of halogens is 2. The molecule has 2 aromatic carbocycles. The molecule has 0 bridgehead atoms.